The van der Waals surface area contributed by atoms with Crippen molar-refractivity contribution >= 4 is 27.4 Å². The fourth-order valence-electron chi connectivity index (χ4n) is 3.72. The number of hydrogen-bond donors (Lipinski definition) is 1. The largest absolute Gasteiger partial charge is 0.496 e. The summed E-state index contributed by atoms with van der Waals surface area (Å²) in [6, 6.07) is 27.1. The van der Waals surface area contributed by atoms with E-state index in [4.69, 9.17) is 4.74 Å². The fraction of sp³-hybridized carbons (Fsp3) is 0.0769. The molecule has 0 spiro atoms. The summed E-state index contributed by atoms with van der Waals surface area (Å²) >= 11 is 1.64. The van der Waals surface area contributed by atoms with Gasteiger partial charge in [0, 0.05) is 23.1 Å². The van der Waals surface area contributed by atoms with Crippen LogP contribution in [0.15, 0.2) is 90.6 Å². The number of nitrogens with one attached hydrogen (secondary N) is 1. The standard InChI is InChI=1S/C26H21N3OS/c1-30-23-10-6-5-9-21(23)15-27-25-24-22(16-31-26(24)29-17-28-25)20-13-11-19(12-14-20)18-7-3-2-4-8-18/h2-14,16-17H,15H2,1H3,(H,27,28,29). The zero-order chi connectivity index (χ0) is 21.0. The van der Waals surface area contributed by atoms with Crippen LogP contribution >= 0.6 is 11.3 Å². The van der Waals surface area contributed by atoms with Crippen LogP contribution in [0.5, 0.6) is 5.75 Å². The lowest BCUT2D eigenvalue weighted by Crippen LogP contribution is -2.04. The first-order valence-corrected chi connectivity index (χ1v) is 11.0. The van der Waals surface area contributed by atoms with Gasteiger partial charge in [-0.3, -0.25) is 0 Å². The summed E-state index contributed by atoms with van der Waals surface area (Å²) in [5, 5.41) is 6.70. The maximum atomic E-state index is 5.48. The third kappa shape index (κ3) is 3.88. The Bertz CT molecular complexity index is 1310. The Morgan fingerprint density at radius 1 is 0.806 bits per heavy atom. The van der Waals surface area contributed by atoms with Gasteiger partial charge in [0.15, 0.2) is 0 Å². The van der Waals surface area contributed by atoms with Crippen LogP contribution < -0.4 is 10.1 Å². The van der Waals surface area contributed by atoms with Crippen LogP contribution in [0.2, 0.25) is 0 Å². The van der Waals surface area contributed by atoms with Gasteiger partial charge < -0.3 is 10.1 Å². The molecule has 3 aromatic carbocycles. The minimum Gasteiger partial charge on any atom is -0.496 e. The molecule has 5 aromatic rings. The van der Waals surface area contributed by atoms with E-state index in [1.807, 2.05) is 24.3 Å². The molecule has 4 nitrogen and oxygen atoms in total. The molecular weight excluding hydrogens is 402 g/mol. The molecule has 2 aromatic heterocycles. The maximum absolute atomic E-state index is 5.48. The van der Waals surface area contributed by atoms with E-state index in [2.05, 4.69) is 75.3 Å². The van der Waals surface area contributed by atoms with Gasteiger partial charge in [0.25, 0.3) is 0 Å². The summed E-state index contributed by atoms with van der Waals surface area (Å²) in [6.45, 7) is 0.623. The Hall–Kier alpha value is -3.70. The summed E-state index contributed by atoms with van der Waals surface area (Å²) < 4.78 is 5.48. The Balaban J connectivity index is 1.48. The molecule has 5 heteroatoms. The van der Waals surface area contributed by atoms with E-state index in [1.54, 1.807) is 24.8 Å². The lowest BCUT2D eigenvalue weighted by Gasteiger charge is -2.11. The molecule has 5 rings (SSSR count). The normalized spacial score (nSPS) is 10.9. The second-order valence-corrected chi connectivity index (χ2v) is 8.02. The molecule has 2 heterocycles. The van der Waals surface area contributed by atoms with Gasteiger partial charge in [-0.15, -0.1) is 11.3 Å². The van der Waals surface area contributed by atoms with Crippen molar-refractivity contribution in [3.8, 4) is 28.0 Å². The average Bonchev–Trinajstić information content (AvgIpc) is 3.28. The zero-order valence-electron chi connectivity index (χ0n) is 17.1. The van der Waals surface area contributed by atoms with Gasteiger partial charge in [-0.1, -0.05) is 72.8 Å². The second-order valence-electron chi connectivity index (χ2n) is 7.16. The van der Waals surface area contributed by atoms with Gasteiger partial charge in [0.2, 0.25) is 0 Å². The van der Waals surface area contributed by atoms with Crippen molar-refractivity contribution in [3.05, 3.63) is 96.1 Å². The third-order valence-corrected chi connectivity index (χ3v) is 6.20. The van der Waals surface area contributed by atoms with Gasteiger partial charge >= 0.3 is 0 Å². The van der Waals surface area contributed by atoms with Gasteiger partial charge in [-0.05, 0) is 22.8 Å². The number of hydrogen-bond acceptors (Lipinski definition) is 5. The number of rotatable bonds is 6. The van der Waals surface area contributed by atoms with Crippen LogP contribution in [0.1, 0.15) is 5.56 Å². The molecule has 152 valence electrons. The predicted octanol–water partition coefficient (Wildman–Crippen LogP) is 6.65. The molecule has 0 aliphatic heterocycles. The topological polar surface area (TPSA) is 47.0 Å². The number of aromatic nitrogens is 2. The second kappa shape index (κ2) is 8.58. The van der Waals surface area contributed by atoms with E-state index < -0.39 is 0 Å². The van der Waals surface area contributed by atoms with Crippen molar-refractivity contribution in [2.75, 3.05) is 12.4 Å². The lowest BCUT2D eigenvalue weighted by molar-refractivity contribution is 0.410. The summed E-state index contributed by atoms with van der Waals surface area (Å²) in [5.41, 5.74) is 5.80. The van der Waals surface area contributed by atoms with E-state index >= 15 is 0 Å². The minimum atomic E-state index is 0.623. The first kappa shape index (κ1) is 19.3. The Morgan fingerprint density at radius 2 is 1.52 bits per heavy atom. The number of nitrogens with zero attached hydrogens (tertiary/aromatic N) is 2. The minimum absolute atomic E-state index is 0.623. The highest BCUT2D eigenvalue weighted by Crippen LogP contribution is 2.37. The average molecular weight is 424 g/mol. The highest BCUT2D eigenvalue weighted by Gasteiger charge is 2.14. The number of thiophene rings is 1. The van der Waals surface area contributed by atoms with Crippen LogP contribution in [0, 0.1) is 0 Å². The van der Waals surface area contributed by atoms with Gasteiger partial charge in [0.05, 0.1) is 12.5 Å². The smallest absolute Gasteiger partial charge is 0.139 e. The van der Waals surface area contributed by atoms with Crippen LogP contribution in [0.25, 0.3) is 32.5 Å². The Kier molecular flexibility index (Phi) is 5.33. The molecule has 31 heavy (non-hydrogen) atoms. The van der Waals surface area contributed by atoms with E-state index in [1.165, 1.54) is 11.1 Å². The van der Waals surface area contributed by atoms with Crippen molar-refractivity contribution in [1.29, 1.82) is 0 Å². The summed E-state index contributed by atoms with van der Waals surface area (Å²) in [7, 11) is 1.69. The number of anilines is 1. The summed E-state index contributed by atoms with van der Waals surface area (Å²) in [5.74, 6) is 1.70. The maximum Gasteiger partial charge on any atom is 0.139 e. The van der Waals surface area contributed by atoms with Crippen molar-refractivity contribution < 1.29 is 4.74 Å². The number of benzene rings is 3. The van der Waals surface area contributed by atoms with E-state index in [0.29, 0.717) is 6.54 Å². The molecular formula is C26H21N3OS. The highest BCUT2D eigenvalue weighted by molar-refractivity contribution is 7.17. The first-order valence-electron chi connectivity index (χ1n) is 10.1. The molecule has 0 saturated heterocycles. The molecule has 0 bridgehead atoms. The Morgan fingerprint density at radius 3 is 2.32 bits per heavy atom. The third-order valence-electron chi connectivity index (χ3n) is 5.31. The molecule has 0 saturated carbocycles. The Labute approximate surface area is 185 Å². The molecule has 0 radical (unpaired) electrons. The quantitative estimate of drug-likeness (QED) is 0.332. The number of methoxy groups -OCH3 is 1. The molecule has 0 atom stereocenters. The van der Waals surface area contributed by atoms with E-state index in [9.17, 15) is 0 Å². The van der Waals surface area contributed by atoms with Crippen LogP contribution in [0.4, 0.5) is 5.82 Å². The number of para-hydroxylation sites is 1. The SMILES string of the molecule is COc1ccccc1CNc1ncnc2scc(-c3ccc(-c4ccccc4)cc3)c12. The van der Waals surface area contributed by atoms with Crippen LogP contribution in [-0.4, -0.2) is 17.1 Å². The molecule has 0 unspecified atom stereocenters. The number of ether oxygens (including phenoxy) is 1. The molecule has 0 amide bonds. The fourth-order valence-corrected chi connectivity index (χ4v) is 4.64. The van der Waals surface area contributed by atoms with E-state index in [-0.39, 0.29) is 0 Å². The van der Waals surface area contributed by atoms with Gasteiger partial charge in [-0.25, -0.2) is 9.97 Å². The van der Waals surface area contributed by atoms with Crippen molar-refractivity contribution in [1.82, 2.24) is 9.97 Å². The van der Waals surface area contributed by atoms with Crippen LogP contribution in [-0.2, 0) is 6.54 Å². The predicted molar refractivity (Wildman–Crippen MR) is 129 cm³/mol. The molecule has 0 aliphatic rings. The molecule has 0 aliphatic carbocycles. The van der Waals surface area contributed by atoms with Crippen molar-refractivity contribution in [2.45, 2.75) is 6.54 Å². The van der Waals surface area contributed by atoms with Crippen molar-refractivity contribution in [2.24, 2.45) is 0 Å². The summed E-state index contributed by atoms with van der Waals surface area (Å²) in [6.07, 6.45) is 1.62. The zero-order valence-corrected chi connectivity index (χ0v) is 17.9. The lowest BCUT2D eigenvalue weighted by atomic mass is 10.0. The number of fused-ring (bicyclic) bond motifs is 1. The molecule has 1 N–H and O–H groups in total. The molecule has 0 fully saturated rings. The summed E-state index contributed by atoms with van der Waals surface area (Å²) in [4.78, 5) is 10.0. The van der Waals surface area contributed by atoms with E-state index in [0.717, 1.165) is 38.5 Å². The van der Waals surface area contributed by atoms with Gasteiger partial charge in [0.1, 0.15) is 22.7 Å². The monoisotopic (exact) mass is 423 g/mol. The highest BCUT2D eigenvalue weighted by atomic mass is 32.1. The van der Waals surface area contributed by atoms with Crippen molar-refractivity contribution in [3.63, 3.8) is 0 Å². The first-order chi connectivity index (χ1) is 15.3. The van der Waals surface area contributed by atoms with Gasteiger partial charge in [-0.2, -0.15) is 0 Å². The van der Waals surface area contributed by atoms with Crippen LogP contribution in [0.3, 0.4) is 0 Å².